The molecule has 6 amide bonds. The van der Waals surface area contributed by atoms with Gasteiger partial charge < -0.3 is 41.6 Å². The van der Waals surface area contributed by atoms with Crippen LogP contribution in [0.15, 0.2) is 64.0 Å². The lowest BCUT2D eigenvalue weighted by atomic mass is 10.0. The number of aliphatic hydroxyl groups excluding tert-OH is 1. The van der Waals surface area contributed by atoms with Crippen LogP contribution in [0.3, 0.4) is 0 Å². The average Bonchev–Trinajstić information content (AvgIpc) is 4.29. The Morgan fingerprint density at radius 2 is 1.51 bits per heavy atom. The fourth-order valence-corrected chi connectivity index (χ4v) is 12.5. The zero-order valence-corrected chi connectivity index (χ0v) is 46.2. The third kappa shape index (κ3) is 12.9. The summed E-state index contributed by atoms with van der Waals surface area (Å²) in [6.45, 7) is 4.51. The van der Waals surface area contributed by atoms with Gasteiger partial charge in [0.05, 0.1) is 36.2 Å². The highest BCUT2D eigenvalue weighted by Gasteiger charge is 2.31. The molecule has 3 atom stereocenters. The predicted molar refractivity (Wildman–Crippen MR) is 293 cm³/mol. The van der Waals surface area contributed by atoms with Crippen LogP contribution >= 0.6 is 68.0 Å². The Morgan fingerprint density at radius 3 is 2.27 bits per heavy atom. The highest BCUT2D eigenvalue weighted by atomic mass is 32.1. The summed E-state index contributed by atoms with van der Waals surface area (Å²) in [6, 6.07) is 10.1. The topological polar surface area (TPSA) is 330 Å². The van der Waals surface area contributed by atoms with E-state index in [1.54, 1.807) is 84.8 Å². The Kier molecular flexibility index (Phi) is 16.6. The van der Waals surface area contributed by atoms with E-state index in [2.05, 4.69) is 46.9 Å². The number of rotatable bonds is 10. The van der Waals surface area contributed by atoms with Crippen LogP contribution < -0.4 is 37.6 Å². The highest BCUT2D eigenvalue weighted by Crippen LogP contribution is 2.40. The van der Waals surface area contributed by atoms with E-state index in [4.69, 9.17) is 35.1 Å². The summed E-state index contributed by atoms with van der Waals surface area (Å²) in [7, 11) is 2.89. The molecule has 0 spiro atoms. The molecule has 77 heavy (non-hydrogen) atoms. The van der Waals surface area contributed by atoms with Crippen molar-refractivity contribution < 1.29 is 43.3 Å². The molecule has 0 fully saturated rings. The molecule has 10 bridgehead atoms. The molecule has 9 rings (SSSR count). The van der Waals surface area contributed by atoms with Crippen LogP contribution in [-0.4, -0.2) is 108 Å². The smallest absolute Gasteiger partial charge is 0.412 e. The maximum absolute atomic E-state index is 14.1. The second-order valence-electron chi connectivity index (χ2n) is 17.6. The van der Waals surface area contributed by atoms with Gasteiger partial charge in [-0.25, -0.2) is 39.7 Å². The van der Waals surface area contributed by atoms with E-state index in [0.717, 1.165) is 22.7 Å². The number of nitrogens with two attached hydrogens (primary N) is 1. The van der Waals surface area contributed by atoms with Gasteiger partial charge in [0.25, 0.3) is 17.7 Å². The number of hydrogen-bond donors (Lipinski definition) is 8. The minimum Gasteiger partial charge on any atom is -0.447 e. The van der Waals surface area contributed by atoms with Crippen molar-refractivity contribution in [3.05, 3.63) is 106 Å². The van der Waals surface area contributed by atoms with Crippen LogP contribution in [0.5, 0.6) is 0 Å². The quantitative estimate of drug-likeness (QED) is 0.0704. The summed E-state index contributed by atoms with van der Waals surface area (Å²) < 4.78 is 10.6. The van der Waals surface area contributed by atoms with E-state index in [1.807, 2.05) is 0 Å². The molecule has 23 nitrogen and oxygen atoms in total. The van der Waals surface area contributed by atoms with Gasteiger partial charge in [-0.3, -0.25) is 34.6 Å². The number of ether oxygens (including phenoxy) is 2. The molecule has 29 heteroatoms. The van der Waals surface area contributed by atoms with Crippen LogP contribution in [0.1, 0.15) is 95.3 Å². The molecule has 0 saturated heterocycles. The SMILES string of the molecule is CNC(=O)C[C@@H]1NC(=O)c2csc(n2)-c2ccc(-c3nc(NC(=O)OCC(C)(C)N)cs3)nc2-c2csc(n2)-c2csc(n2)[C@H]([C@@H](O)c2ccccc2)NC(=O)CNC(=O)c2nc(sc2COC)NC(=O)c2nc1sc2C. The minimum atomic E-state index is -1.27. The van der Waals surface area contributed by atoms with Crippen LogP contribution in [0.2, 0.25) is 0 Å². The molecule has 1 aliphatic rings. The normalized spacial score (nSPS) is 15.7. The Hall–Kier alpha value is -7.35. The number of carbonyl (C=O) groups excluding carboxylic acids is 6. The molecular weight excluding hydrogens is 1110 g/mol. The zero-order valence-electron chi connectivity index (χ0n) is 41.3. The predicted octanol–water partition coefficient (Wildman–Crippen LogP) is 6.72. The molecule has 398 valence electrons. The molecule has 1 aliphatic heterocycles. The Morgan fingerprint density at radius 1 is 0.779 bits per heavy atom. The number of carbonyl (C=O) groups is 6. The monoisotopic (exact) mass is 1150 g/mol. The number of aliphatic hydroxyl groups is 1. The average molecular weight is 1160 g/mol. The summed E-state index contributed by atoms with van der Waals surface area (Å²) >= 11 is 6.92. The minimum absolute atomic E-state index is 0.0101. The Bertz CT molecular complexity index is 3510. The number of fused-ring (bicyclic) bond motifs is 14. The van der Waals surface area contributed by atoms with Gasteiger partial charge in [-0.2, -0.15) is 0 Å². The first-order valence-corrected chi connectivity index (χ1v) is 28.2. The molecule has 8 aromatic rings. The molecule has 0 radical (unpaired) electrons. The van der Waals surface area contributed by atoms with E-state index >= 15 is 0 Å². The number of hydrogen-bond acceptors (Lipinski definition) is 23. The lowest BCUT2D eigenvalue weighted by Gasteiger charge is -2.23. The number of nitrogens with one attached hydrogen (secondary N) is 6. The third-order valence-electron chi connectivity index (χ3n) is 11.0. The summed E-state index contributed by atoms with van der Waals surface area (Å²) in [6.07, 6.45) is -2.23. The second kappa shape index (κ2) is 23.5. The number of anilines is 2. The first-order valence-electron chi connectivity index (χ1n) is 23.1. The largest absolute Gasteiger partial charge is 0.447 e. The van der Waals surface area contributed by atoms with Crippen molar-refractivity contribution >= 4 is 115 Å². The lowest BCUT2D eigenvalue weighted by molar-refractivity contribution is -0.122. The van der Waals surface area contributed by atoms with Gasteiger partial charge in [-0.15, -0.1) is 56.7 Å². The van der Waals surface area contributed by atoms with Crippen LogP contribution in [0.4, 0.5) is 15.7 Å². The first kappa shape index (κ1) is 54.4. The number of amides is 6. The van der Waals surface area contributed by atoms with E-state index < -0.39 is 65.9 Å². The Labute approximate surface area is 462 Å². The van der Waals surface area contributed by atoms with Gasteiger partial charge in [0.2, 0.25) is 11.8 Å². The van der Waals surface area contributed by atoms with Gasteiger partial charge in [-0.1, -0.05) is 41.7 Å². The molecule has 1 aromatic carbocycles. The number of aromatic nitrogens is 7. The summed E-state index contributed by atoms with van der Waals surface area (Å²) in [5.41, 5.74) is 7.76. The van der Waals surface area contributed by atoms with Crippen LogP contribution in [-0.2, 0) is 25.7 Å². The number of methoxy groups -OCH3 is 1. The molecule has 0 aliphatic carbocycles. The zero-order chi connectivity index (χ0) is 54.5. The highest BCUT2D eigenvalue weighted by molar-refractivity contribution is 7.16. The van der Waals surface area contributed by atoms with E-state index in [0.29, 0.717) is 63.7 Å². The molecule has 9 N–H and O–H groups in total. The standard InChI is InChI=1S/C48H46N14O9S6/c1-21-33-40(68)62-46-61-35(29(77-46)15-70-5)39(67)51-14-32(64)59-36(37(65)22-9-7-6-8-10-22)45-56-28(18-74-45)43-54-26(16-73-43)34-23(11-12-24(52-34)42-57-30(19-75-42)58-47(69)71-20-48(2,3)49)41-55-27(17-72-41)38(66)53-25(13-31(63)50-4)44(60-33)76-21/h6-12,16-19,25,36-37,65H,13-15,20,49H2,1-5H3,(H,50,63)(H,51,67)(H,53,66)(H,58,69)(H,59,64)(H,61,62,68)/t25-,36-,37-/m0/s1. The van der Waals surface area contributed by atoms with Crippen molar-refractivity contribution in [1.82, 2.24) is 56.2 Å². The van der Waals surface area contributed by atoms with Crippen molar-refractivity contribution in [2.75, 3.05) is 37.9 Å². The number of aryl methyl sites for hydroxylation is 1. The molecule has 8 heterocycles. The molecule has 0 unspecified atom stereocenters. The third-order valence-corrected chi connectivity index (χ3v) is 16.6. The first-order chi connectivity index (χ1) is 36.9. The van der Waals surface area contributed by atoms with Gasteiger partial charge in [0, 0.05) is 51.7 Å². The number of thiazole rings is 6. The molecular formula is C48H46N14O9S6. The summed E-state index contributed by atoms with van der Waals surface area (Å²) in [5, 5.41) is 36.7. The van der Waals surface area contributed by atoms with Crippen LogP contribution in [0, 0.1) is 6.92 Å². The second-order valence-corrected chi connectivity index (χ2v) is 23.4. The van der Waals surface area contributed by atoms with Gasteiger partial charge >= 0.3 is 6.09 Å². The molecule has 0 saturated carbocycles. The van der Waals surface area contributed by atoms with Crippen LogP contribution in [0.25, 0.3) is 43.4 Å². The number of benzene rings is 1. The fraction of sp³-hybridized carbons (Fsp3) is 0.271. The lowest BCUT2D eigenvalue weighted by Crippen LogP contribution is -2.40. The van der Waals surface area contributed by atoms with E-state index in [-0.39, 0.29) is 52.7 Å². The maximum atomic E-state index is 14.1. The molecule has 7 aromatic heterocycles. The van der Waals surface area contributed by atoms with Crippen molar-refractivity contribution in [3.8, 4) is 43.4 Å². The van der Waals surface area contributed by atoms with E-state index in [9.17, 15) is 33.9 Å². The van der Waals surface area contributed by atoms with Crippen molar-refractivity contribution in [2.24, 2.45) is 5.73 Å². The number of nitrogens with zero attached hydrogens (tertiary/aromatic N) is 7. The van der Waals surface area contributed by atoms with Gasteiger partial charge in [-0.05, 0) is 38.5 Å². The Balaban J connectivity index is 1.11. The van der Waals surface area contributed by atoms with Crippen molar-refractivity contribution in [1.29, 1.82) is 0 Å². The van der Waals surface area contributed by atoms with Gasteiger partial charge in [0.1, 0.15) is 83.8 Å². The van der Waals surface area contributed by atoms with Gasteiger partial charge in [0.15, 0.2) is 5.13 Å². The van der Waals surface area contributed by atoms with E-state index in [1.165, 1.54) is 59.5 Å². The van der Waals surface area contributed by atoms with Crippen molar-refractivity contribution in [3.63, 3.8) is 0 Å². The summed E-state index contributed by atoms with van der Waals surface area (Å²) in [4.78, 5) is 115. The maximum Gasteiger partial charge on any atom is 0.412 e. The fourth-order valence-electron chi connectivity index (χ4n) is 7.37. The number of pyridine rings is 1. The van der Waals surface area contributed by atoms with Crippen molar-refractivity contribution in [2.45, 2.75) is 57.5 Å². The summed E-state index contributed by atoms with van der Waals surface area (Å²) in [5.74, 6) is -2.87.